The van der Waals surface area contributed by atoms with Crippen LogP contribution in [0, 0.1) is 0 Å². The lowest BCUT2D eigenvalue weighted by Gasteiger charge is -2.06. The highest BCUT2D eigenvalue weighted by molar-refractivity contribution is 6.15. The van der Waals surface area contributed by atoms with Crippen LogP contribution in [0.4, 0.5) is 5.69 Å². The molecule has 0 spiro atoms. The van der Waals surface area contributed by atoms with Crippen LogP contribution in [0.5, 0.6) is 0 Å². The van der Waals surface area contributed by atoms with Gasteiger partial charge < -0.3 is 10.3 Å². The number of anilines is 1. The topological polar surface area (TPSA) is 30.9 Å². The summed E-state index contributed by atoms with van der Waals surface area (Å²) in [6, 6.07) is 12.4. The Hall–Kier alpha value is -2.22. The van der Waals surface area contributed by atoms with Crippen LogP contribution in [0.3, 0.4) is 0 Å². The van der Waals surface area contributed by atoms with Crippen molar-refractivity contribution in [2.24, 2.45) is 0 Å². The van der Waals surface area contributed by atoms with Crippen LogP contribution in [0.15, 0.2) is 43.0 Å². The molecular formula is C16H16N2. The Kier molecular flexibility index (Phi) is 2.37. The highest BCUT2D eigenvalue weighted by Crippen LogP contribution is 2.35. The van der Waals surface area contributed by atoms with E-state index in [4.69, 9.17) is 5.73 Å². The van der Waals surface area contributed by atoms with Gasteiger partial charge in [-0.1, -0.05) is 36.9 Å². The maximum Gasteiger partial charge on any atom is 0.0730 e. The SMILES string of the molecule is C=Cc1ccc(N)c2c1c1ccccc1n2CC. The van der Waals surface area contributed by atoms with Crippen LogP contribution in [0.2, 0.25) is 0 Å². The molecule has 0 radical (unpaired) electrons. The number of aromatic nitrogens is 1. The molecular weight excluding hydrogens is 220 g/mol. The second kappa shape index (κ2) is 3.91. The summed E-state index contributed by atoms with van der Waals surface area (Å²) in [5, 5.41) is 2.46. The van der Waals surface area contributed by atoms with Gasteiger partial charge in [-0.2, -0.15) is 0 Å². The second-order valence-electron chi connectivity index (χ2n) is 4.43. The van der Waals surface area contributed by atoms with Crippen LogP contribution in [-0.4, -0.2) is 4.57 Å². The molecule has 0 aliphatic carbocycles. The van der Waals surface area contributed by atoms with Crippen LogP contribution >= 0.6 is 0 Å². The number of hydrogen-bond acceptors (Lipinski definition) is 1. The van der Waals surface area contributed by atoms with E-state index < -0.39 is 0 Å². The van der Waals surface area contributed by atoms with Crippen molar-refractivity contribution in [3.8, 4) is 0 Å². The molecule has 0 aliphatic rings. The molecule has 0 saturated carbocycles. The summed E-state index contributed by atoms with van der Waals surface area (Å²) in [7, 11) is 0. The third-order valence-corrected chi connectivity index (χ3v) is 3.51. The molecule has 2 heteroatoms. The molecule has 1 aromatic heterocycles. The van der Waals surface area contributed by atoms with Crippen molar-refractivity contribution >= 4 is 33.6 Å². The van der Waals surface area contributed by atoms with E-state index in [9.17, 15) is 0 Å². The molecule has 2 nitrogen and oxygen atoms in total. The van der Waals surface area contributed by atoms with Crippen LogP contribution < -0.4 is 5.73 Å². The summed E-state index contributed by atoms with van der Waals surface area (Å²) in [6.45, 7) is 6.96. The number of rotatable bonds is 2. The summed E-state index contributed by atoms with van der Waals surface area (Å²) in [4.78, 5) is 0. The van der Waals surface area contributed by atoms with Crippen molar-refractivity contribution in [1.29, 1.82) is 0 Å². The predicted molar refractivity (Wildman–Crippen MR) is 79.6 cm³/mol. The summed E-state index contributed by atoms with van der Waals surface area (Å²) < 4.78 is 2.27. The van der Waals surface area contributed by atoms with Gasteiger partial charge >= 0.3 is 0 Å². The van der Waals surface area contributed by atoms with Crippen molar-refractivity contribution in [3.63, 3.8) is 0 Å². The minimum Gasteiger partial charge on any atom is -0.397 e. The number of aryl methyl sites for hydroxylation is 1. The standard InChI is InChI=1S/C16H16N2/c1-3-11-9-10-13(17)16-15(11)12-7-5-6-8-14(12)18(16)4-2/h3,5-10H,1,4,17H2,2H3. The first-order valence-electron chi connectivity index (χ1n) is 6.19. The van der Waals surface area contributed by atoms with Gasteiger partial charge in [-0.05, 0) is 24.6 Å². The van der Waals surface area contributed by atoms with E-state index in [1.807, 2.05) is 18.2 Å². The molecule has 1 heterocycles. The molecule has 0 atom stereocenters. The van der Waals surface area contributed by atoms with Gasteiger partial charge in [0.25, 0.3) is 0 Å². The normalized spacial score (nSPS) is 11.2. The Morgan fingerprint density at radius 1 is 1.22 bits per heavy atom. The zero-order chi connectivity index (χ0) is 12.7. The summed E-state index contributed by atoms with van der Waals surface area (Å²) in [5.74, 6) is 0. The maximum atomic E-state index is 6.16. The molecule has 0 bridgehead atoms. The minimum atomic E-state index is 0.827. The lowest BCUT2D eigenvalue weighted by molar-refractivity contribution is 0.828. The Morgan fingerprint density at radius 3 is 2.72 bits per heavy atom. The van der Waals surface area contributed by atoms with Crippen molar-refractivity contribution in [3.05, 3.63) is 48.5 Å². The van der Waals surface area contributed by atoms with E-state index in [0.717, 1.165) is 23.3 Å². The quantitative estimate of drug-likeness (QED) is 0.669. The summed E-state index contributed by atoms with van der Waals surface area (Å²) >= 11 is 0. The number of hydrogen-bond donors (Lipinski definition) is 1. The van der Waals surface area contributed by atoms with Gasteiger partial charge in [0.15, 0.2) is 0 Å². The fraction of sp³-hybridized carbons (Fsp3) is 0.125. The first-order valence-corrected chi connectivity index (χ1v) is 6.19. The number of nitrogen functional groups attached to an aromatic ring is 1. The van der Waals surface area contributed by atoms with Gasteiger partial charge in [-0.3, -0.25) is 0 Å². The van der Waals surface area contributed by atoms with E-state index in [1.165, 1.54) is 16.3 Å². The molecule has 2 N–H and O–H groups in total. The van der Waals surface area contributed by atoms with Gasteiger partial charge in [0.1, 0.15) is 0 Å². The van der Waals surface area contributed by atoms with Crippen LogP contribution in [0.1, 0.15) is 12.5 Å². The minimum absolute atomic E-state index is 0.827. The third-order valence-electron chi connectivity index (χ3n) is 3.51. The number of para-hydroxylation sites is 1. The Bertz CT molecular complexity index is 750. The highest BCUT2D eigenvalue weighted by Gasteiger charge is 2.13. The molecule has 18 heavy (non-hydrogen) atoms. The number of nitrogens with two attached hydrogens (primary N) is 1. The average Bonchev–Trinajstić information content (AvgIpc) is 2.75. The van der Waals surface area contributed by atoms with E-state index in [-0.39, 0.29) is 0 Å². The average molecular weight is 236 g/mol. The first kappa shape index (κ1) is 10.9. The van der Waals surface area contributed by atoms with Crippen molar-refractivity contribution < 1.29 is 0 Å². The fourth-order valence-corrected chi connectivity index (χ4v) is 2.74. The first-order chi connectivity index (χ1) is 8.77. The van der Waals surface area contributed by atoms with E-state index in [0.29, 0.717) is 0 Å². The predicted octanol–water partition coefficient (Wildman–Crippen LogP) is 4.04. The van der Waals surface area contributed by atoms with Gasteiger partial charge in [0, 0.05) is 22.8 Å². The molecule has 3 aromatic rings. The van der Waals surface area contributed by atoms with Gasteiger partial charge in [0.2, 0.25) is 0 Å². The van der Waals surface area contributed by atoms with E-state index >= 15 is 0 Å². The van der Waals surface area contributed by atoms with Crippen LogP contribution in [-0.2, 0) is 6.54 Å². The highest BCUT2D eigenvalue weighted by atomic mass is 15.0. The molecule has 0 unspecified atom stereocenters. The monoisotopic (exact) mass is 236 g/mol. The maximum absolute atomic E-state index is 6.16. The summed E-state index contributed by atoms with van der Waals surface area (Å²) in [5.41, 5.74) is 10.5. The lowest BCUT2D eigenvalue weighted by Crippen LogP contribution is -1.97. The molecule has 90 valence electrons. The fourth-order valence-electron chi connectivity index (χ4n) is 2.74. The van der Waals surface area contributed by atoms with E-state index in [1.54, 1.807) is 0 Å². The smallest absolute Gasteiger partial charge is 0.0730 e. The van der Waals surface area contributed by atoms with E-state index in [2.05, 4.69) is 42.3 Å². The lowest BCUT2D eigenvalue weighted by atomic mass is 10.1. The van der Waals surface area contributed by atoms with Gasteiger partial charge in [-0.15, -0.1) is 0 Å². The van der Waals surface area contributed by atoms with Gasteiger partial charge in [0.05, 0.1) is 11.2 Å². The molecule has 0 saturated heterocycles. The number of benzene rings is 2. The Labute approximate surface area is 106 Å². The molecule has 2 aromatic carbocycles. The number of nitrogens with zero attached hydrogens (tertiary/aromatic N) is 1. The zero-order valence-electron chi connectivity index (χ0n) is 10.5. The van der Waals surface area contributed by atoms with Crippen molar-refractivity contribution in [1.82, 2.24) is 4.57 Å². The molecule has 0 amide bonds. The second-order valence-corrected chi connectivity index (χ2v) is 4.43. The largest absolute Gasteiger partial charge is 0.397 e. The third kappa shape index (κ3) is 1.29. The molecule has 3 rings (SSSR count). The molecule has 0 fully saturated rings. The van der Waals surface area contributed by atoms with Crippen molar-refractivity contribution in [2.75, 3.05) is 5.73 Å². The Balaban J connectivity index is 2.67. The summed E-state index contributed by atoms with van der Waals surface area (Å²) in [6.07, 6.45) is 1.90. The van der Waals surface area contributed by atoms with Crippen molar-refractivity contribution in [2.45, 2.75) is 13.5 Å². The number of fused-ring (bicyclic) bond motifs is 3. The molecule has 0 aliphatic heterocycles. The van der Waals surface area contributed by atoms with Gasteiger partial charge in [-0.25, -0.2) is 0 Å². The zero-order valence-corrected chi connectivity index (χ0v) is 10.5. The van der Waals surface area contributed by atoms with Crippen LogP contribution in [0.25, 0.3) is 27.9 Å². The Morgan fingerprint density at radius 2 is 2.00 bits per heavy atom.